The number of hydrogen-bond donors (Lipinski definition) is 0. The minimum absolute atomic E-state index is 0.114. The topological polar surface area (TPSA) is 43.4 Å². The molecule has 0 amide bonds. The van der Waals surface area contributed by atoms with Gasteiger partial charge in [-0.15, -0.1) is 0 Å². The molecule has 0 radical (unpaired) electrons. The number of carbonyl (C=O) groups excluding carboxylic acids is 2. The minimum Gasteiger partial charge on any atom is -0.460 e. The van der Waals surface area contributed by atoms with Gasteiger partial charge in [0.15, 0.2) is 0 Å². The molecule has 0 saturated carbocycles. The lowest BCUT2D eigenvalue weighted by atomic mass is 10.1. The standard InChI is InChI=1S/C10H18O3/c1-8(11)6-5-7-9(12)13-10(2,3)4/h5-7H2,1-4H3. The van der Waals surface area contributed by atoms with Gasteiger partial charge in [0.2, 0.25) is 0 Å². The number of hydrogen-bond acceptors (Lipinski definition) is 3. The molecule has 0 aromatic rings. The third-order valence-corrected chi connectivity index (χ3v) is 1.33. The number of ether oxygens (including phenoxy) is 1. The van der Waals surface area contributed by atoms with Crippen molar-refractivity contribution in [3.8, 4) is 0 Å². The molecule has 0 saturated heterocycles. The van der Waals surface area contributed by atoms with Crippen LogP contribution in [-0.2, 0) is 14.3 Å². The smallest absolute Gasteiger partial charge is 0.306 e. The first-order valence-electron chi connectivity index (χ1n) is 4.52. The Hall–Kier alpha value is -0.860. The number of rotatable bonds is 4. The van der Waals surface area contributed by atoms with Crippen LogP contribution in [-0.4, -0.2) is 17.4 Å². The maximum Gasteiger partial charge on any atom is 0.306 e. The summed E-state index contributed by atoms with van der Waals surface area (Å²) in [5, 5.41) is 0. The Morgan fingerprint density at radius 3 is 2.08 bits per heavy atom. The van der Waals surface area contributed by atoms with E-state index in [4.69, 9.17) is 4.74 Å². The summed E-state index contributed by atoms with van der Waals surface area (Å²) in [4.78, 5) is 21.7. The highest BCUT2D eigenvalue weighted by molar-refractivity contribution is 5.76. The SMILES string of the molecule is CC(=O)CCCC(=O)OC(C)(C)C. The van der Waals surface area contributed by atoms with Gasteiger partial charge in [0.25, 0.3) is 0 Å². The average molecular weight is 186 g/mol. The number of esters is 1. The van der Waals surface area contributed by atoms with E-state index in [9.17, 15) is 9.59 Å². The van der Waals surface area contributed by atoms with E-state index >= 15 is 0 Å². The normalized spacial score (nSPS) is 11.1. The molecule has 0 heterocycles. The Balaban J connectivity index is 3.59. The fourth-order valence-electron chi connectivity index (χ4n) is 0.874. The van der Waals surface area contributed by atoms with Crippen molar-refractivity contribution in [3.05, 3.63) is 0 Å². The predicted molar refractivity (Wildman–Crippen MR) is 50.4 cm³/mol. The summed E-state index contributed by atoms with van der Waals surface area (Å²) in [6.45, 7) is 7.01. The van der Waals surface area contributed by atoms with Crippen LogP contribution in [0.2, 0.25) is 0 Å². The zero-order valence-electron chi connectivity index (χ0n) is 8.85. The van der Waals surface area contributed by atoms with Crippen molar-refractivity contribution in [1.29, 1.82) is 0 Å². The predicted octanol–water partition coefficient (Wildman–Crippen LogP) is 2.09. The van der Waals surface area contributed by atoms with E-state index in [2.05, 4.69) is 0 Å². The summed E-state index contributed by atoms with van der Waals surface area (Å²) in [7, 11) is 0. The van der Waals surface area contributed by atoms with Crippen molar-refractivity contribution in [3.63, 3.8) is 0 Å². The van der Waals surface area contributed by atoms with Crippen molar-refractivity contribution < 1.29 is 14.3 Å². The highest BCUT2D eigenvalue weighted by Gasteiger charge is 2.15. The molecule has 3 nitrogen and oxygen atoms in total. The van der Waals surface area contributed by atoms with Crippen LogP contribution < -0.4 is 0 Å². The van der Waals surface area contributed by atoms with E-state index in [-0.39, 0.29) is 11.8 Å². The van der Waals surface area contributed by atoms with E-state index in [1.54, 1.807) is 0 Å². The molecular formula is C10H18O3. The van der Waals surface area contributed by atoms with Gasteiger partial charge in [-0.3, -0.25) is 4.79 Å². The molecule has 0 rings (SSSR count). The van der Waals surface area contributed by atoms with E-state index in [0.29, 0.717) is 19.3 Å². The molecule has 0 N–H and O–H groups in total. The Labute approximate surface area is 79.5 Å². The van der Waals surface area contributed by atoms with Gasteiger partial charge in [-0.2, -0.15) is 0 Å². The maximum absolute atomic E-state index is 11.1. The molecule has 0 aromatic heterocycles. The third kappa shape index (κ3) is 9.05. The monoisotopic (exact) mass is 186 g/mol. The Kier molecular flexibility index (Phi) is 4.67. The molecule has 0 spiro atoms. The molecule has 0 aliphatic heterocycles. The van der Waals surface area contributed by atoms with Gasteiger partial charge in [-0.1, -0.05) is 0 Å². The maximum atomic E-state index is 11.1. The number of carbonyl (C=O) groups is 2. The first-order valence-corrected chi connectivity index (χ1v) is 4.52. The van der Waals surface area contributed by atoms with Crippen LogP contribution in [0.3, 0.4) is 0 Å². The van der Waals surface area contributed by atoms with Crippen LogP contribution in [0.5, 0.6) is 0 Å². The van der Waals surface area contributed by atoms with E-state index in [0.717, 1.165) is 0 Å². The minimum atomic E-state index is -0.423. The lowest BCUT2D eigenvalue weighted by molar-refractivity contribution is -0.154. The summed E-state index contributed by atoms with van der Waals surface area (Å²) in [6.07, 6.45) is 1.38. The lowest BCUT2D eigenvalue weighted by Crippen LogP contribution is -2.23. The summed E-state index contributed by atoms with van der Waals surface area (Å²) in [5.41, 5.74) is -0.423. The van der Waals surface area contributed by atoms with Crippen molar-refractivity contribution in [2.45, 2.75) is 52.6 Å². The van der Waals surface area contributed by atoms with E-state index in [1.165, 1.54) is 6.92 Å². The van der Waals surface area contributed by atoms with Crippen molar-refractivity contribution in [2.75, 3.05) is 0 Å². The van der Waals surface area contributed by atoms with Crippen LogP contribution in [0.1, 0.15) is 47.0 Å². The third-order valence-electron chi connectivity index (χ3n) is 1.33. The molecule has 0 aliphatic rings. The van der Waals surface area contributed by atoms with Gasteiger partial charge in [0.1, 0.15) is 11.4 Å². The van der Waals surface area contributed by atoms with Gasteiger partial charge in [-0.05, 0) is 34.1 Å². The van der Waals surface area contributed by atoms with Gasteiger partial charge in [-0.25, -0.2) is 0 Å². The van der Waals surface area contributed by atoms with Crippen molar-refractivity contribution in [1.82, 2.24) is 0 Å². The molecule has 0 aromatic carbocycles. The van der Waals surface area contributed by atoms with E-state index in [1.807, 2.05) is 20.8 Å². The van der Waals surface area contributed by atoms with Crippen LogP contribution in [0.15, 0.2) is 0 Å². The van der Waals surface area contributed by atoms with Crippen molar-refractivity contribution >= 4 is 11.8 Å². The summed E-state index contributed by atoms with van der Waals surface area (Å²) in [6, 6.07) is 0. The second kappa shape index (κ2) is 5.00. The molecule has 0 unspecified atom stereocenters. The Bertz CT molecular complexity index is 189. The molecule has 76 valence electrons. The summed E-state index contributed by atoms with van der Waals surface area (Å²) >= 11 is 0. The Morgan fingerprint density at radius 1 is 1.15 bits per heavy atom. The quantitative estimate of drug-likeness (QED) is 0.631. The lowest BCUT2D eigenvalue weighted by Gasteiger charge is -2.19. The molecule has 0 atom stereocenters. The highest BCUT2D eigenvalue weighted by Crippen LogP contribution is 2.09. The average Bonchev–Trinajstić information content (AvgIpc) is 1.81. The second-order valence-electron chi connectivity index (χ2n) is 4.14. The largest absolute Gasteiger partial charge is 0.460 e. The molecule has 0 fully saturated rings. The molecule has 0 bridgehead atoms. The zero-order chi connectivity index (χ0) is 10.5. The first kappa shape index (κ1) is 12.1. The molecule has 3 heteroatoms. The number of Topliss-reactive ketones (excluding diaryl/α,β-unsaturated/α-hetero) is 1. The van der Waals surface area contributed by atoms with Crippen LogP contribution >= 0.6 is 0 Å². The zero-order valence-corrected chi connectivity index (χ0v) is 8.85. The van der Waals surface area contributed by atoms with Gasteiger partial charge in [0.05, 0.1) is 0 Å². The Morgan fingerprint density at radius 2 is 1.69 bits per heavy atom. The van der Waals surface area contributed by atoms with Gasteiger partial charge in [0, 0.05) is 12.8 Å². The molecule has 13 heavy (non-hydrogen) atoms. The fourth-order valence-corrected chi connectivity index (χ4v) is 0.874. The van der Waals surface area contributed by atoms with Crippen LogP contribution in [0.25, 0.3) is 0 Å². The van der Waals surface area contributed by atoms with Crippen LogP contribution in [0, 0.1) is 0 Å². The van der Waals surface area contributed by atoms with Crippen molar-refractivity contribution in [2.24, 2.45) is 0 Å². The number of ketones is 1. The highest BCUT2D eigenvalue weighted by atomic mass is 16.6. The van der Waals surface area contributed by atoms with E-state index < -0.39 is 5.60 Å². The summed E-state index contributed by atoms with van der Waals surface area (Å²) in [5.74, 6) is -0.114. The molecular weight excluding hydrogens is 168 g/mol. The van der Waals surface area contributed by atoms with Gasteiger partial charge < -0.3 is 9.53 Å². The van der Waals surface area contributed by atoms with Crippen LogP contribution in [0.4, 0.5) is 0 Å². The second-order valence-corrected chi connectivity index (χ2v) is 4.14. The summed E-state index contributed by atoms with van der Waals surface area (Å²) < 4.78 is 5.07. The molecule has 0 aliphatic carbocycles. The van der Waals surface area contributed by atoms with Gasteiger partial charge >= 0.3 is 5.97 Å². The first-order chi connectivity index (χ1) is 5.81. The fraction of sp³-hybridized carbons (Fsp3) is 0.800.